The number of hydrogen-bond acceptors (Lipinski definition) is 6. The third-order valence-corrected chi connectivity index (χ3v) is 7.24. The number of amides is 1. The molecule has 1 saturated heterocycles. The van der Waals surface area contributed by atoms with Crippen LogP contribution in [0.15, 0.2) is 22.6 Å². The van der Waals surface area contributed by atoms with Gasteiger partial charge in [0, 0.05) is 11.4 Å². The number of thiophene rings is 1. The number of aliphatic hydroxyl groups is 1. The second-order valence-electron chi connectivity index (χ2n) is 6.96. The molecular weight excluding hydrogens is 396 g/mol. The van der Waals surface area contributed by atoms with E-state index >= 15 is 0 Å². The Morgan fingerprint density at radius 2 is 2.11 bits per heavy atom. The van der Waals surface area contributed by atoms with Gasteiger partial charge >= 0.3 is 0 Å². The number of allylic oxidation sites excluding steroid dienone is 1. The van der Waals surface area contributed by atoms with Gasteiger partial charge in [0.25, 0.3) is 5.56 Å². The number of aryl methyl sites for hydroxylation is 2. The molecule has 7 nitrogen and oxygen atoms in total. The molecular formula is C19H27N4O3S2+. The minimum atomic E-state index is -0.0667. The molecule has 0 atom stereocenters. The maximum Gasteiger partial charge on any atom is 0.263 e. The largest absolute Gasteiger partial charge is 0.391 e. The number of nitrogens with one attached hydrogen (secondary N) is 1. The van der Waals surface area contributed by atoms with Gasteiger partial charge in [0.15, 0.2) is 5.16 Å². The van der Waals surface area contributed by atoms with E-state index in [0.29, 0.717) is 30.2 Å². The molecule has 2 aromatic heterocycles. The van der Waals surface area contributed by atoms with Crippen molar-refractivity contribution in [3.05, 3.63) is 33.4 Å². The SMILES string of the molecule is C=CCn1c(SCC(=O)N2CC[NH+](CCO)CC2)nc2sc(C)c(C)c2c1=O. The van der Waals surface area contributed by atoms with Gasteiger partial charge in [0.2, 0.25) is 5.91 Å². The number of fused-ring (bicyclic) bond motifs is 1. The van der Waals surface area contributed by atoms with Gasteiger partial charge in [0.05, 0.1) is 43.9 Å². The minimum absolute atomic E-state index is 0.0612. The van der Waals surface area contributed by atoms with Crippen molar-refractivity contribution in [2.24, 2.45) is 0 Å². The van der Waals surface area contributed by atoms with E-state index in [-0.39, 0.29) is 23.8 Å². The van der Waals surface area contributed by atoms with Crippen molar-refractivity contribution in [3.63, 3.8) is 0 Å². The Morgan fingerprint density at radius 1 is 1.39 bits per heavy atom. The zero-order valence-corrected chi connectivity index (χ0v) is 18.0. The summed E-state index contributed by atoms with van der Waals surface area (Å²) in [4.78, 5) is 35.3. The number of piperazine rings is 1. The summed E-state index contributed by atoms with van der Waals surface area (Å²) in [5.74, 6) is 0.319. The van der Waals surface area contributed by atoms with Crippen molar-refractivity contribution in [1.29, 1.82) is 0 Å². The first-order valence-electron chi connectivity index (χ1n) is 9.42. The van der Waals surface area contributed by atoms with Crippen molar-refractivity contribution < 1.29 is 14.8 Å². The van der Waals surface area contributed by atoms with Crippen LogP contribution < -0.4 is 10.5 Å². The van der Waals surface area contributed by atoms with Crippen LogP contribution in [0.25, 0.3) is 10.2 Å². The fourth-order valence-electron chi connectivity index (χ4n) is 3.41. The Bertz CT molecular complexity index is 929. The molecule has 2 N–H and O–H groups in total. The molecule has 1 amide bonds. The van der Waals surface area contributed by atoms with E-state index in [1.807, 2.05) is 18.7 Å². The normalized spacial score (nSPS) is 15.3. The van der Waals surface area contributed by atoms with E-state index in [1.165, 1.54) is 28.0 Å². The summed E-state index contributed by atoms with van der Waals surface area (Å²) in [5, 5.41) is 10.3. The highest BCUT2D eigenvalue weighted by Crippen LogP contribution is 2.28. The van der Waals surface area contributed by atoms with E-state index in [0.717, 1.165) is 34.9 Å². The predicted octanol–water partition coefficient (Wildman–Crippen LogP) is 0.0723. The van der Waals surface area contributed by atoms with Crippen LogP contribution in [-0.4, -0.2) is 70.5 Å². The first-order valence-corrected chi connectivity index (χ1v) is 11.2. The van der Waals surface area contributed by atoms with Gasteiger partial charge < -0.3 is 14.9 Å². The zero-order valence-electron chi connectivity index (χ0n) is 16.4. The lowest BCUT2D eigenvalue weighted by Crippen LogP contribution is -3.15. The van der Waals surface area contributed by atoms with Crippen molar-refractivity contribution in [1.82, 2.24) is 14.5 Å². The summed E-state index contributed by atoms with van der Waals surface area (Å²) >= 11 is 2.84. The summed E-state index contributed by atoms with van der Waals surface area (Å²) in [6, 6.07) is 0. The summed E-state index contributed by atoms with van der Waals surface area (Å²) in [6.07, 6.45) is 1.68. The molecule has 1 fully saturated rings. The second-order valence-corrected chi connectivity index (χ2v) is 9.10. The molecule has 0 unspecified atom stereocenters. The number of thioether (sulfide) groups is 1. The van der Waals surface area contributed by atoms with Gasteiger partial charge in [-0.25, -0.2) is 4.98 Å². The molecule has 1 aliphatic rings. The summed E-state index contributed by atoms with van der Waals surface area (Å²) in [6.45, 7) is 12.1. The summed E-state index contributed by atoms with van der Waals surface area (Å²) in [5.41, 5.74) is 0.911. The standard InChI is InChI=1S/C19H26N4O3S2/c1-4-5-23-18(26)16-13(2)14(3)28-17(16)20-19(23)27-12-15(25)22-8-6-21(7-9-22)10-11-24/h4,24H,1,5-12H2,2-3H3/p+1. The van der Waals surface area contributed by atoms with Gasteiger partial charge in [-0.1, -0.05) is 17.8 Å². The lowest BCUT2D eigenvalue weighted by Gasteiger charge is -2.31. The number of aromatic nitrogens is 2. The highest BCUT2D eigenvalue weighted by molar-refractivity contribution is 7.99. The van der Waals surface area contributed by atoms with Gasteiger partial charge in [-0.15, -0.1) is 17.9 Å². The third-order valence-electron chi connectivity index (χ3n) is 5.18. The maximum atomic E-state index is 13.0. The Hall–Kier alpha value is -1.68. The number of aliphatic hydroxyl groups excluding tert-OH is 1. The fraction of sp³-hybridized carbons (Fsp3) is 0.526. The Balaban J connectivity index is 1.75. The van der Waals surface area contributed by atoms with Crippen LogP contribution >= 0.6 is 23.1 Å². The molecule has 0 spiro atoms. The molecule has 3 heterocycles. The number of nitrogens with zero attached hydrogens (tertiary/aromatic N) is 3. The average molecular weight is 424 g/mol. The van der Waals surface area contributed by atoms with Crippen LogP contribution in [0.2, 0.25) is 0 Å². The molecule has 28 heavy (non-hydrogen) atoms. The molecule has 0 aliphatic carbocycles. The zero-order chi connectivity index (χ0) is 20.3. The number of rotatable bonds is 7. The van der Waals surface area contributed by atoms with Gasteiger partial charge in [-0.2, -0.15) is 0 Å². The van der Waals surface area contributed by atoms with Crippen molar-refractivity contribution in [2.45, 2.75) is 25.5 Å². The van der Waals surface area contributed by atoms with Gasteiger partial charge in [-0.3, -0.25) is 14.2 Å². The molecule has 0 aromatic carbocycles. The summed E-state index contributed by atoms with van der Waals surface area (Å²) < 4.78 is 1.61. The monoisotopic (exact) mass is 423 g/mol. The van der Waals surface area contributed by atoms with Crippen molar-refractivity contribution in [3.8, 4) is 0 Å². The molecule has 1 aliphatic heterocycles. The molecule has 0 radical (unpaired) electrons. The molecule has 9 heteroatoms. The van der Waals surface area contributed by atoms with Crippen LogP contribution in [0, 0.1) is 13.8 Å². The van der Waals surface area contributed by atoms with Crippen LogP contribution in [0.1, 0.15) is 10.4 Å². The number of quaternary nitrogens is 1. The average Bonchev–Trinajstić information content (AvgIpc) is 2.97. The van der Waals surface area contributed by atoms with Gasteiger partial charge in [-0.05, 0) is 19.4 Å². The number of hydrogen-bond donors (Lipinski definition) is 2. The van der Waals surface area contributed by atoms with E-state index in [9.17, 15) is 9.59 Å². The Labute approximate surface area is 172 Å². The number of carbonyl (C=O) groups excluding carboxylic acids is 1. The van der Waals surface area contributed by atoms with Crippen LogP contribution in [-0.2, 0) is 11.3 Å². The van der Waals surface area contributed by atoms with Gasteiger partial charge in [0.1, 0.15) is 11.4 Å². The lowest BCUT2D eigenvalue weighted by molar-refractivity contribution is -0.904. The summed E-state index contributed by atoms with van der Waals surface area (Å²) in [7, 11) is 0. The van der Waals surface area contributed by atoms with Crippen molar-refractivity contribution in [2.75, 3.05) is 45.1 Å². The Kier molecular flexibility index (Phi) is 6.92. The second kappa shape index (κ2) is 9.21. The van der Waals surface area contributed by atoms with Crippen LogP contribution in [0.4, 0.5) is 0 Å². The molecule has 3 rings (SSSR count). The van der Waals surface area contributed by atoms with E-state index < -0.39 is 0 Å². The van der Waals surface area contributed by atoms with E-state index in [4.69, 9.17) is 5.11 Å². The van der Waals surface area contributed by atoms with E-state index in [2.05, 4.69) is 11.6 Å². The fourth-order valence-corrected chi connectivity index (χ4v) is 5.39. The molecule has 152 valence electrons. The number of carbonyl (C=O) groups is 1. The predicted molar refractivity (Wildman–Crippen MR) is 114 cm³/mol. The van der Waals surface area contributed by atoms with Crippen LogP contribution in [0.5, 0.6) is 0 Å². The van der Waals surface area contributed by atoms with Crippen molar-refractivity contribution >= 4 is 39.2 Å². The molecule has 0 bridgehead atoms. The maximum absolute atomic E-state index is 13.0. The lowest BCUT2D eigenvalue weighted by atomic mass is 10.2. The van der Waals surface area contributed by atoms with E-state index in [1.54, 1.807) is 10.6 Å². The highest BCUT2D eigenvalue weighted by atomic mass is 32.2. The first-order chi connectivity index (χ1) is 13.5. The minimum Gasteiger partial charge on any atom is -0.391 e. The first kappa shape index (κ1) is 21.0. The molecule has 0 saturated carbocycles. The smallest absolute Gasteiger partial charge is 0.263 e. The van der Waals surface area contributed by atoms with Crippen LogP contribution in [0.3, 0.4) is 0 Å². The topological polar surface area (TPSA) is 79.9 Å². The quantitative estimate of drug-likeness (QED) is 0.374. The third kappa shape index (κ3) is 4.32. The highest BCUT2D eigenvalue weighted by Gasteiger charge is 2.24. The molecule has 2 aromatic rings. The Morgan fingerprint density at radius 3 is 2.75 bits per heavy atom.